The minimum Gasteiger partial charge on any atom is -0.482 e. The SMILES string of the molecule is CCNC(=O)c1c(OCc2ccccc2)c(=O)ccn1N. The molecular formula is C15H17N3O3. The van der Waals surface area contributed by atoms with Gasteiger partial charge in [0.1, 0.15) is 6.61 Å². The van der Waals surface area contributed by atoms with E-state index in [0.717, 1.165) is 10.2 Å². The number of amides is 1. The molecule has 0 aliphatic heterocycles. The fourth-order valence-electron chi connectivity index (χ4n) is 1.87. The van der Waals surface area contributed by atoms with Crippen LogP contribution in [0.5, 0.6) is 5.75 Å². The fraction of sp³-hybridized carbons (Fsp3) is 0.200. The lowest BCUT2D eigenvalue weighted by Crippen LogP contribution is -2.32. The average Bonchev–Trinajstić information content (AvgIpc) is 2.49. The quantitative estimate of drug-likeness (QED) is 0.800. The number of benzene rings is 1. The first kappa shape index (κ1) is 14.6. The van der Waals surface area contributed by atoms with Gasteiger partial charge in [0.25, 0.3) is 5.91 Å². The van der Waals surface area contributed by atoms with Gasteiger partial charge in [0.2, 0.25) is 5.43 Å². The summed E-state index contributed by atoms with van der Waals surface area (Å²) >= 11 is 0. The number of nitrogens with one attached hydrogen (secondary N) is 1. The first-order valence-electron chi connectivity index (χ1n) is 6.59. The van der Waals surface area contributed by atoms with E-state index < -0.39 is 5.91 Å². The number of nitrogens with zero attached hydrogens (tertiary/aromatic N) is 1. The lowest BCUT2D eigenvalue weighted by atomic mass is 10.2. The number of hydrogen-bond donors (Lipinski definition) is 2. The van der Waals surface area contributed by atoms with Gasteiger partial charge in [-0.3, -0.25) is 14.3 Å². The molecule has 6 heteroatoms. The maximum atomic E-state index is 12.0. The summed E-state index contributed by atoms with van der Waals surface area (Å²) in [7, 11) is 0. The van der Waals surface area contributed by atoms with E-state index in [4.69, 9.17) is 10.6 Å². The van der Waals surface area contributed by atoms with E-state index in [0.29, 0.717) is 6.54 Å². The molecule has 0 fully saturated rings. The summed E-state index contributed by atoms with van der Waals surface area (Å²) in [6, 6.07) is 10.6. The molecule has 1 amide bonds. The molecule has 1 aromatic heterocycles. The standard InChI is InChI=1S/C15H17N3O3/c1-2-17-15(20)13-14(12(19)8-9-18(13)16)21-10-11-6-4-3-5-7-11/h3-9H,2,10,16H2,1H3,(H,17,20). The molecule has 0 atom stereocenters. The molecule has 3 N–H and O–H groups in total. The van der Waals surface area contributed by atoms with E-state index >= 15 is 0 Å². The normalized spacial score (nSPS) is 10.1. The maximum absolute atomic E-state index is 12.0. The van der Waals surface area contributed by atoms with Crippen molar-refractivity contribution >= 4 is 5.91 Å². The van der Waals surface area contributed by atoms with Gasteiger partial charge in [-0.1, -0.05) is 30.3 Å². The van der Waals surface area contributed by atoms with Gasteiger partial charge >= 0.3 is 0 Å². The lowest BCUT2D eigenvalue weighted by molar-refractivity contribution is 0.0942. The second-order valence-electron chi connectivity index (χ2n) is 4.40. The van der Waals surface area contributed by atoms with Crippen molar-refractivity contribution in [2.75, 3.05) is 12.4 Å². The Hall–Kier alpha value is -2.76. The van der Waals surface area contributed by atoms with Gasteiger partial charge in [0, 0.05) is 18.8 Å². The molecule has 0 bridgehead atoms. The molecule has 6 nitrogen and oxygen atoms in total. The van der Waals surface area contributed by atoms with E-state index in [9.17, 15) is 9.59 Å². The summed E-state index contributed by atoms with van der Waals surface area (Å²) in [5.74, 6) is 5.24. The monoisotopic (exact) mass is 287 g/mol. The number of hydrogen-bond acceptors (Lipinski definition) is 4. The van der Waals surface area contributed by atoms with Crippen LogP contribution >= 0.6 is 0 Å². The topological polar surface area (TPSA) is 86.3 Å². The van der Waals surface area contributed by atoms with Crippen molar-refractivity contribution in [3.05, 3.63) is 64.1 Å². The van der Waals surface area contributed by atoms with Crippen molar-refractivity contribution < 1.29 is 9.53 Å². The Morgan fingerprint density at radius 2 is 2.00 bits per heavy atom. The van der Waals surface area contributed by atoms with Crippen molar-refractivity contribution in [2.45, 2.75) is 13.5 Å². The molecule has 2 aromatic rings. The second kappa shape index (κ2) is 6.60. The van der Waals surface area contributed by atoms with Crippen LogP contribution in [-0.4, -0.2) is 17.1 Å². The number of ether oxygens (including phenoxy) is 1. The summed E-state index contributed by atoms with van der Waals surface area (Å²) in [5.41, 5.74) is 0.528. The number of nitrogen functional groups attached to an aromatic ring is 1. The van der Waals surface area contributed by atoms with Gasteiger partial charge in [0.15, 0.2) is 11.4 Å². The zero-order chi connectivity index (χ0) is 15.2. The zero-order valence-corrected chi connectivity index (χ0v) is 11.7. The Morgan fingerprint density at radius 3 is 2.67 bits per heavy atom. The summed E-state index contributed by atoms with van der Waals surface area (Å²) in [6.07, 6.45) is 1.34. The van der Waals surface area contributed by atoms with Gasteiger partial charge in [-0.15, -0.1) is 0 Å². The number of pyridine rings is 1. The van der Waals surface area contributed by atoms with Crippen molar-refractivity contribution in [2.24, 2.45) is 0 Å². The fourth-order valence-corrected chi connectivity index (χ4v) is 1.87. The number of nitrogens with two attached hydrogens (primary N) is 1. The Morgan fingerprint density at radius 1 is 1.29 bits per heavy atom. The minimum absolute atomic E-state index is 0.0141. The van der Waals surface area contributed by atoms with Crippen LogP contribution in [-0.2, 0) is 6.61 Å². The molecule has 21 heavy (non-hydrogen) atoms. The molecule has 0 aliphatic carbocycles. The van der Waals surface area contributed by atoms with Crippen LogP contribution in [0.4, 0.5) is 0 Å². The summed E-state index contributed by atoms with van der Waals surface area (Å²) in [6.45, 7) is 2.40. The van der Waals surface area contributed by atoms with Crippen molar-refractivity contribution in [3.8, 4) is 5.75 Å². The van der Waals surface area contributed by atoms with Crippen LogP contribution < -0.4 is 21.3 Å². The first-order chi connectivity index (χ1) is 10.1. The van der Waals surface area contributed by atoms with Crippen LogP contribution in [0.1, 0.15) is 23.0 Å². The molecule has 0 spiro atoms. The zero-order valence-electron chi connectivity index (χ0n) is 11.7. The molecule has 0 unspecified atom stereocenters. The van der Waals surface area contributed by atoms with E-state index in [-0.39, 0.29) is 23.5 Å². The van der Waals surface area contributed by atoms with Gasteiger partial charge in [0.05, 0.1) is 0 Å². The summed E-state index contributed by atoms with van der Waals surface area (Å²) < 4.78 is 6.62. The van der Waals surface area contributed by atoms with Crippen LogP contribution in [0, 0.1) is 0 Å². The summed E-state index contributed by atoms with van der Waals surface area (Å²) in [4.78, 5) is 24.0. The molecule has 2 rings (SSSR count). The Bertz CT molecular complexity index is 680. The molecule has 1 heterocycles. The van der Waals surface area contributed by atoms with Gasteiger partial charge in [-0.25, -0.2) is 0 Å². The summed E-state index contributed by atoms with van der Waals surface area (Å²) in [5, 5.41) is 2.61. The molecular weight excluding hydrogens is 270 g/mol. The van der Waals surface area contributed by atoms with Crippen molar-refractivity contribution in [1.29, 1.82) is 0 Å². The Kier molecular flexibility index (Phi) is 4.61. The Balaban J connectivity index is 2.31. The number of aromatic nitrogens is 1. The van der Waals surface area contributed by atoms with Crippen LogP contribution in [0.2, 0.25) is 0 Å². The van der Waals surface area contributed by atoms with Crippen LogP contribution in [0.25, 0.3) is 0 Å². The molecule has 0 radical (unpaired) electrons. The third-order valence-corrected chi connectivity index (χ3v) is 2.86. The highest BCUT2D eigenvalue weighted by molar-refractivity contribution is 5.95. The van der Waals surface area contributed by atoms with Crippen LogP contribution in [0.15, 0.2) is 47.4 Å². The highest BCUT2D eigenvalue weighted by atomic mass is 16.5. The largest absolute Gasteiger partial charge is 0.482 e. The third-order valence-electron chi connectivity index (χ3n) is 2.86. The number of carbonyl (C=O) groups is 1. The lowest BCUT2D eigenvalue weighted by Gasteiger charge is -2.13. The average molecular weight is 287 g/mol. The highest BCUT2D eigenvalue weighted by Gasteiger charge is 2.18. The third kappa shape index (κ3) is 3.42. The second-order valence-corrected chi connectivity index (χ2v) is 4.40. The van der Waals surface area contributed by atoms with E-state index in [1.807, 2.05) is 30.3 Å². The molecule has 1 aromatic carbocycles. The highest BCUT2D eigenvalue weighted by Crippen LogP contribution is 2.13. The minimum atomic E-state index is -0.444. The predicted molar refractivity (Wildman–Crippen MR) is 79.6 cm³/mol. The smallest absolute Gasteiger partial charge is 0.273 e. The number of rotatable bonds is 5. The Labute approximate surface area is 122 Å². The van der Waals surface area contributed by atoms with Gasteiger partial charge < -0.3 is 15.9 Å². The van der Waals surface area contributed by atoms with Gasteiger partial charge in [-0.2, -0.15) is 0 Å². The van der Waals surface area contributed by atoms with Crippen molar-refractivity contribution in [3.63, 3.8) is 0 Å². The first-order valence-corrected chi connectivity index (χ1v) is 6.59. The molecule has 110 valence electrons. The van der Waals surface area contributed by atoms with E-state index in [1.165, 1.54) is 12.3 Å². The van der Waals surface area contributed by atoms with Gasteiger partial charge in [-0.05, 0) is 12.5 Å². The number of carbonyl (C=O) groups excluding carboxylic acids is 1. The molecule has 0 aliphatic rings. The van der Waals surface area contributed by atoms with E-state index in [1.54, 1.807) is 6.92 Å². The predicted octanol–water partition coefficient (Wildman–Crippen LogP) is 0.891. The molecule has 0 saturated heterocycles. The van der Waals surface area contributed by atoms with Crippen molar-refractivity contribution in [1.82, 2.24) is 9.99 Å². The molecule has 0 saturated carbocycles. The maximum Gasteiger partial charge on any atom is 0.273 e. The van der Waals surface area contributed by atoms with Crippen LogP contribution in [0.3, 0.4) is 0 Å². The van der Waals surface area contributed by atoms with E-state index in [2.05, 4.69) is 5.32 Å².